The van der Waals surface area contributed by atoms with E-state index < -0.39 is 5.82 Å². The Bertz CT molecular complexity index is 1060. The summed E-state index contributed by atoms with van der Waals surface area (Å²) in [6, 6.07) is 12.2. The summed E-state index contributed by atoms with van der Waals surface area (Å²) < 4.78 is 25.1. The molecule has 0 unspecified atom stereocenters. The van der Waals surface area contributed by atoms with Crippen LogP contribution in [0.3, 0.4) is 0 Å². The minimum atomic E-state index is -0.452. The fourth-order valence-corrected chi connectivity index (χ4v) is 3.94. The average molecular weight is 488 g/mol. The van der Waals surface area contributed by atoms with Gasteiger partial charge in [0.2, 0.25) is 0 Å². The quantitative estimate of drug-likeness (QED) is 0.239. The smallest absolute Gasteiger partial charge is 0.163 e. The topological polar surface area (TPSA) is 46.6 Å². The van der Waals surface area contributed by atoms with Gasteiger partial charge in [-0.05, 0) is 68.8 Å². The van der Waals surface area contributed by atoms with E-state index in [1.807, 2.05) is 24.3 Å². The first-order chi connectivity index (χ1) is 16.5. The molecule has 0 aliphatic rings. The van der Waals surface area contributed by atoms with Crippen molar-refractivity contribution < 1.29 is 13.9 Å². The zero-order valence-electron chi connectivity index (χ0n) is 20.4. The van der Waals surface area contributed by atoms with E-state index in [0.29, 0.717) is 29.6 Å². The molecule has 184 valence electrons. The Labute approximate surface area is 207 Å². The van der Waals surface area contributed by atoms with Crippen LogP contribution in [-0.2, 0) is 0 Å². The van der Waals surface area contributed by atoms with Crippen LogP contribution in [0.25, 0.3) is 10.9 Å². The van der Waals surface area contributed by atoms with Gasteiger partial charge in [0.1, 0.15) is 11.6 Å². The molecule has 0 saturated heterocycles. The number of hydrogen-bond acceptors (Lipinski definition) is 5. The predicted octanol–water partition coefficient (Wildman–Crippen LogP) is 7.45. The molecule has 0 saturated carbocycles. The van der Waals surface area contributed by atoms with Crippen molar-refractivity contribution in [2.45, 2.75) is 46.0 Å². The molecular formula is C27H35ClFN3O2. The van der Waals surface area contributed by atoms with Crippen molar-refractivity contribution in [1.29, 1.82) is 0 Å². The lowest BCUT2D eigenvalue weighted by molar-refractivity contribution is 0.225. The molecule has 0 radical (unpaired) electrons. The van der Waals surface area contributed by atoms with Crippen molar-refractivity contribution >= 4 is 34.0 Å². The summed E-state index contributed by atoms with van der Waals surface area (Å²) in [6.07, 6.45) is 5.84. The van der Waals surface area contributed by atoms with Crippen molar-refractivity contribution in [1.82, 2.24) is 9.88 Å². The first kappa shape index (κ1) is 26.0. The molecular weight excluding hydrogens is 453 g/mol. The summed E-state index contributed by atoms with van der Waals surface area (Å²) in [4.78, 5) is 7.23. The van der Waals surface area contributed by atoms with Gasteiger partial charge in [-0.15, -0.1) is 0 Å². The molecule has 0 aliphatic heterocycles. The molecule has 1 N–H and O–H groups in total. The van der Waals surface area contributed by atoms with Crippen LogP contribution in [0.15, 0.2) is 42.5 Å². The Morgan fingerprint density at radius 3 is 2.35 bits per heavy atom. The molecule has 0 fully saturated rings. The SMILES string of the molecule is CCCCN(CCCC)CCCOc1cc2nc(Nc3ccc(F)c(Cl)c3)ccc2cc1OC. The van der Waals surface area contributed by atoms with Crippen LogP contribution in [-0.4, -0.2) is 43.2 Å². The number of aromatic nitrogens is 1. The van der Waals surface area contributed by atoms with Gasteiger partial charge < -0.3 is 19.7 Å². The minimum absolute atomic E-state index is 0.0640. The van der Waals surface area contributed by atoms with Gasteiger partial charge in [-0.2, -0.15) is 0 Å². The summed E-state index contributed by atoms with van der Waals surface area (Å²) in [6.45, 7) is 8.41. The number of fused-ring (bicyclic) bond motifs is 1. The van der Waals surface area contributed by atoms with Gasteiger partial charge in [0.05, 0.1) is 24.3 Å². The fraction of sp³-hybridized carbons (Fsp3) is 0.444. The lowest BCUT2D eigenvalue weighted by Crippen LogP contribution is -2.28. The number of ether oxygens (including phenoxy) is 2. The Kier molecular flexibility index (Phi) is 10.2. The lowest BCUT2D eigenvalue weighted by Gasteiger charge is -2.22. The zero-order chi connectivity index (χ0) is 24.3. The van der Waals surface area contributed by atoms with Gasteiger partial charge >= 0.3 is 0 Å². The summed E-state index contributed by atoms with van der Waals surface area (Å²) in [5, 5.41) is 4.18. The average Bonchev–Trinajstić information content (AvgIpc) is 2.84. The van der Waals surface area contributed by atoms with E-state index in [-0.39, 0.29) is 5.02 Å². The number of halogens is 2. The third kappa shape index (κ3) is 7.47. The van der Waals surface area contributed by atoms with E-state index in [9.17, 15) is 4.39 Å². The highest BCUT2D eigenvalue weighted by Crippen LogP contribution is 2.33. The molecule has 1 heterocycles. The van der Waals surface area contributed by atoms with Gasteiger partial charge in [0, 0.05) is 23.7 Å². The number of methoxy groups -OCH3 is 1. The number of nitrogens with one attached hydrogen (secondary N) is 1. The number of nitrogens with zero attached hydrogens (tertiary/aromatic N) is 2. The van der Waals surface area contributed by atoms with Crippen LogP contribution >= 0.6 is 11.6 Å². The van der Waals surface area contributed by atoms with Crippen LogP contribution in [0, 0.1) is 5.82 Å². The van der Waals surface area contributed by atoms with Gasteiger partial charge in [-0.25, -0.2) is 9.37 Å². The number of anilines is 2. The molecule has 3 rings (SSSR count). The molecule has 34 heavy (non-hydrogen) atoms. The second-order valence-electron chi connectivity index (χ2n) is 8.40. The molecule has 3 aromatic rings. The fourth-order valence-electron chi connectivity index (χ4n) is 3.76. The van der Waals surface area contributed by atoms with E-state index in [4.69, 9.17) is 26.1 Å². The van der Waals surface area contributed by atoms with Crippen molar-refractivity contribution in [3.8, 4) is 11.5 Å². The second-order valence-corrected chi connectivity index (χ2v) is 8.80. The second kappa shape index (κ2) is 13.4. The lowest BCUT2D eigenvalue weighted by atomic mass is 10.2. The minimum Gasteiger partial charge on any atom is -0.493 e. The largest absolute Gasteiger partial charge is 0.493 e. The van der Waals surface area contributed by atoms with Crippen molar-refractivity contribution in [2.75, 3.05) is 38.7 Å². The Hall–Kier alpha value is -2.57. The monoisotopic (exact) mass is 487 g/mol. The maximum Gasteiger partial charge on any atom is 0.163 e. The van der Waals surface area contributed by atoms with E-state index in [2.05, 4.69) is 24.1 Å². The molecule has 0 bridgehead atoms. The van der Waals surface area contributed by atoms with Crippen molar-refractivity contribution in [2.24, 2.45) is 0 Å². The van der Waals surface area contributed by atoms with E-state index in [1.54, 1.807) is 13.2 Å². The summed E-state index contributed by atoms with van der Waals surface area (Å²) in [5.74, 6) is 1.55. The maximum atomic E-state index is 13.4. The Balaban J connectivity index is 1.66. The summed E-state index contributed by atoms with van der Waals surface area (Å²) in [5.41, 5.74) is 1.44. The van der Waals surface area contributed by atoms with Gasteiger partial charge in [-0.1, -0.05) is 38.3 Å². The number of benzene rings is 2. The number of rotatable bonds is 14. The maximum absolute atomic E-state index is 13.4. The standard InChI is InChI=1S/C27H35ClFN3O2/c1-4-6-13-32(14-7-5-2)15-8-16-34-26-19-24-20(17-25(26)33-3)9-12-27(31-24)30-21-10-11-23(29)22(28)18-21/h9-12,17-19H,4-8,13-16H2,1-3H3,(H,30,31). The molecule has 0 spiro atoms. The van der Waals surface area contributed by atoms with Gasteiger partial charge in [-0.3, -0.25) is 0 Å². The predicted molar refractivity (Wildman–Crippen MR) is 139 cm³/mol. The van der Waals surface area contributed by atoms with Crippen LogP contribution in [0.5, 0.6) is 11.5 Å². The van der Waals surface area contributed by atoms with Crippen molar-refractivity contribution in [3.05, 3.63) is 53.3 Å². The molecule has 5 nitrogen and oxygen atoms in total. The van der Waals surface area contributed by atoms with Crippen LogP contribution in [0.2, 0.25) is 5.02 Å². The van der Waals surface area contributed by atoms with E-state index in [1.165, 1.54) is 37.8 Å². The number of pyridine rings is 1. The molecule has 0 amide bonds. The van der Waals surface area contributed by atoms with Crippen LogP contribution < -0.4 is 14.8 Å². The highest BCUT2D eigenvalue weighted by Gasteiger charge is 2.10. The molecule has 0 aliphatic carbocycles. The first-order valence-corrected chi connectivity index (χ1v) is 12.5. The highest BCUT2D eigenvalue weighted by atomic mass is 35.5. The zero-order valence-corrected chi connectivity index (χ0v) is 21.1. The first-order valence-electron chi connectivity index (χ1n) is 12.1. The summed E-state index contributed by atoms with van der Waals surface area (Å²) in [7, 11) is 1.65. The third-order valence-corrected chi connectivity index (χ3v) is 5.99. The normalized spacial score (nSPS) is 11.2. The van der Waals surface area contributed by atoms with E-state index >= 15 is 0 Å². The van der Waals surface area contributed by atoms with Gasteiger partial charge in [0.15, 0.2) is 11.5 Å². The number of unbranched alkanes of at least 4 members (excludes halogenated alkanes) is 2. The van der Waals surface area contributed by atoms with Gasteiger partial charge in [0.25, 0.3) is 0 Å². The third-order valence-electron chi connectivity index (χ3n) is 5.70. The highest BCUT2D eigenvalue weighted by molar-refractivity contribution is 6.31. The van der Waals surface area contributed by atoms with Crippen LogP contribution in [0.1, 0.15) is 46.0 Å². The number of hydrogen-bond donors (Lipinski definition) is 1. The Morgan fingerprint density at radius 2 is 1.68 bits per heavy atom. The molecule has 7 heteroatoms. The summed E-state index contributed by atoms with van der Waals surface area (Å²) >= 11 is 5.89. The van der Waals surface area contributed by atoms with E-state index in [0.717, 1.165) is 37.0 Å². The van der Waals surface area contributed by atoms with Crippen LogP contribution in [0.4, 0.5) is 15.9 Å². The van der Waals surface area contributed by atoms with Crippen molar-refractivity contribution in [3.63, 3.8) is 0 Å². The Morgan fingerprint density at radius 1 is 0.941 bits per heavy atom. The molecule has 0 atom stereocenters. The molecule has 1 aromatic heterocycles. The molecule has 2 aromatic carbocycles.